The van der Waals surface area contributed by atoms with Gasteiger partial charge in [0.1, 0.15) is 5.82 Å². The molecule has 0 spiro atoms. The van der Waals surface area contributed by atoms with Gasteiger partial charge in [-0.15, -0.1) is 0 Å². The molecule has 1 saturated heterocycles. The zero-order valence-electron chi connectivity index (χ0n) is 10.9. The minimum atomic E-state index is -3.43. The summed E-state index contributed by atoms with van der Waals surface area (Å²) in [7, 11) is -3.43. The molecule has 2 rings (SSSR count). The molecular weight excluding hydrogens is 267 g/mol. The molecule has 1 heterocycles. The number of hydrogen-bond acceptors (Lipinski definition) is 3. The maximum atomic E-state index is 13.0. The molecule has 0 amide bonds. The van der Waals surface area contributed by atoms with Crippen LogP contribution in [0.3, 0.4) is 0 Å². The third-order valence-corrected chi connectivity index (χ3v) is 4.74. The van der Waals surface area contributed by atoms with Gasteiger partial charge in [-0.2, -0.15) is 0 Å². The van der Waals surface area contributed by atoms with Crippen LogP contribution < -0.4 is 10.0 Å². The molecule has 19 heavy (non-hydrogen) atoms. The lowest BCUT2D eigenvalue weighted by Gasteiger charge is -2.29. The molecule has 106 valence electrons. The first-order valence-electron chi connectivity index (χ1n) is 6.41. The predicted molar refractivity (Wildman–Crippen MR) is 72.6 cm³/mol. The van der Waals surface area contributed by atoms with E-state index in [1.807, 2.05) is 6.92 Å². The molecule has 4 nitrogen and oxygen atoms in total. The van der Waals surface area contributed by atoms with Crippen molar-refractivity contribution in [2.75, 3.05) is 13.1 Å². The molecule has 2 atom stereocenters. The molecule has 1 aliphatic heterocycles. The van der Waals surface area contributed by atoms with Crippen molar-refractivity contribution in [3.05, 3.63) is 35.6 Å². The van der Waals surface area contributed by atoms with Crippen LogP contribution in [0.5, 0.6) is 0 Å². The van der Waals surface area contributed by atoms with Crippen LogP contribution in [0.1, 0.15) is 18.9 Å². The maximum Gasteiger partial charge on any atom is 0.216 e. The molecule has 2 N–H and O–H groups in total. The van der Waals surface area contributed by atoms with Crippen LogP contribution in [0.25, 0.3) is 0 Å². The molecule has 1 aromatic carbocycles. The van der Waals surface area contributed by atoms with Crippen LogP contribution in [0, 0.1) is 11.7 Å². The zero-order chi connectivity index (χ0) is 13.9. The number of nitrogens with one attached hydrogen (secondary N) is 2. The first kappa shape index (κ1) is 14.4. The summed E-state index contributed by atoms with van der Waals surface area (Å²) in [6, 6.07) is 5.66. The molecular formula is C13H19FN2O2S. The van der Waals surface area contributed by atoms with Gasteiger partial charge in [0.15, 0.2) is 0 Å². The fourth-order valence-corrected chi connectivity index (χ4v) is 3.82. The van der Waals surface area contributed by atoms with Gasteiger partial charge in [0.05, 0.1) is 5.75 Å². The summed E-state index contributed by atoms with van der Waals surface area (Å²) in [5.41, 5.74) is 0.467. The molecule has 0 aliphatic carbocycles. The van der Waals surface area contributed by atoms with Crippen molar-refractivity contribution in [3.8, 4) is 0 Å². The lowest BCUT2D eigenvalue weighted by Crippen LogP contribution is -2.48. The van der Waals surface area contributed by atoms with E-state index in [1.165, 1.54) is 18.2 Å². The summed E-state index contributed by atoms with van der Waals surface area (Å²) in [5.74, 6) is -0.333. The molecule has 0 aromatic heterocycles. The highest BCUT2D eigenvalue weighted by Crippen LogP contribution is 2.14. The van der Waals surface area contributed by atoms with Crippen molar-refractivity contribution in [1.82, 2.24) is 10.0 Å². The van der Waals surface area contributed by atoms with Crippen molar-refractivity contribution < 1.29 is 12.8 Å². The molecule has 1 aliphatic rings. The Bertz CT molecular complexity index is 533. The summed E-state index contributed by atoms with van der Waals surface area (Å²) >= 11 is 0. The highest BCUT2D eigenvalue weighted by molar-refractivity contribution is 7.88. The van der Waals surface area contributed by atoms with Crippen molar-refractivity contribution >= 4 is 10.0 Å². The molecule has 1 fully saturated rings. The van der Waals surface area contributed by atoms with Crippen molar-refractivity contribution in [2.24, 2.45) is 5.92 Å². The number of piperidine rings is 1. The Labute approximate surface area is 113 Å². The van der Waals surface area contributed by atoms with Gasteiger partial charge in [0, 0.05) is 6.04 Å². The van der Waals surface area contributed by atoms with Gasteiger partial charge in [0.2, 0.25) is 10.0 Å². The summed E-state index contributed by atoms with van der Waals surface area (Å²) < 4.78 is 39.9. The Morgan fingerprint density at radius 2 is 2.26 bits per heavy atom. The summed E-state index contributed by atoms with van der Waals surface area (Å²) in [4.78, 5) is 0. The molecule has 6 heteroatoms. The molecule has 0 radical (unpaired) electrons. The average molecular weight is 286 g/mol. The van der Waals surface area contributed by atoms with E-state index in [9.17, 15) is 12.8 Å². The monoisotopic (exact) mass is 286 g/mol. The number of rotatable bonds is 4. The fourth-order valence-electron chi connectivity index (χ4n) is 2.31. The topological polar surface area (TPSA) is 58.2 Å². The highest BCUT2D eigenvalue weighted by Gasteiger charge is 2.25. The standard InChI is InChI=1S/C13H19FN2O2S/c1-10-8-15-6-5-13(10)16-19(17,18)9-11-3-2-4-12(14)7-11/h2-4,7,10,13,15-16H,5-6,8-9H2,1H3. The Morgan fingerprint density at radius 3 is 2.95 bits per heavy atom. The summed E-state index contributed by atoms with van der Waals surface area (Å²) in [6.45, 7) is 3.65. The van der Waals surface area contributed by atoms with Crippen molar-refractivity contribution in [1.29, 1.82) is 0 Å². The van der Waals surface area contributed by atoms with E-state index >= 15 is 0 Å². The molecule has 2 unspecified atom stereocenters. The van der Waals surface area contributed by atoms with Gasteiger partial charge in [-0.1, -0.05) is 19.1 Å². The lowest BCUT2D eigenvalue weighted by molar-refractivity contribution is 0.328. The Balaban J connectivity index is 2.02. The Kier molecular flexibility index (Phi) is 4.54. The van der Waals surface area contributed by atoms with Crippen LogP contribution in [-0.2, 0) is 15.8 Å². The second-order valence-electron chi connectivity index (χ2n) is 5.08. The van der Waals surface area contributed by atoms with Crippen LogP contribution in [-0.4, -0.2) is 27.5 Å². The first-order valence-corrected chi connectivity index (χ1v) is 8.07. The molecule has 0 bridgehead atoms. The zero-order valence-corrected chi connectivity index (χ0v) is 11.7. The fraction of sp³-hybridized carbons (Fsp3) is 0.538. The first-order chi connectivity index (χ1) is 8.96. The molecule has 1 aromatic rings. The van der Waals surface area contributed by atoms with Crippen molar-refractivity contribution in [2.45, 2.75) is 25.1 Å². The number of benzene rings is 1. The van der Waals surface area contributed by atoms with Crippen LogP contribution in [0.2, 0.25) is 0 Å². The maximum absolute atomic E-state index is 13.0. The van der Waals surface area contributed by atoms with E-state index < -0.39 is 15.8 Å². The SMILES string of the molecule is CC1CNCCC1NS(=O)(=O)Cc1cccc(F)c1. The Hall–Kier alpha value is -0.980. The van der Waals surface area contributed by atoms with Gasteiger partial charge < -0.3 is 5.32 Å². The average Bonchev–Trinajstić information content (AvgIpc) is 2.31. The van der Waals surface area contributed by atoms with E-state index in [4.69, 9.17) is 0 Å². The van der Waals surface area contributed by atoms with Crippen LogP contribution in [0.15, 0.2) is 24.3 Å². The Morgan fingerprint density at radius 1 is 1.47 bits per heavy atom. The van der Waals surface area contributed by atoms with Gasteiger partial charge >= 0.3 is 0 Å². The van der Waals surface area contributed by atoms with Crippen LogP contribution in [0.4, 0.5) is 4.39 Å². The second kappa shape index (κ2) is 5.98. The summed E-state index contributed by atoms with van der Waals surface area (Å²) in [6.07, 6.45) is 0.781. The number of halogens is 1. The number of sulfonamides is 1. The van der Waals surface area contributed by atoms with E-state index in [2.05, 4.69) is 10.0 Å². The third-order valence-electron chi connectivity index (χ3n) is 3.36. The van der Waals surface area contributed by atoms with E-state index in [-0.39, 0.29) is 17.7 Å². The van der Waals surface area contributed by atoms with E-state index in [0.29, 0.717) is 5.56 Å². The lowest BCUT2D eigenvalue weighted by atomic mass is 9.97. The summed E-state index contributed by atoms with van der Waals surface area (Å²) in [5, 5.41) is 3.22. The van der Waals surface area contributed by atoms with E-state index in [0.717, 1.165) is 19.5 Å². The minimum Gasteiger partial charge on any atom is -0.316 e. The van der Waals surface area contributed by atoms with Gasteiger partial charge in [-0.25, -0.2) is 17.5 Å². The molecule has 0 saturated carbocycles. The van der Waals surface area contributed by atoms with Crippen LogP contribution >= 0.6 is 0 Å². The second-order valence-corrected chi connectivity index (χ2v) is 6.84. The largest absolute Gasteiger partial charge is 0.316 e. The van der Waals surface area contributed by atoms with E-state index in [1.54, 1.807) is 6.07 Å². The minimum absolute atomic E-state index is 0.0418. The smallest absolute Gasteiger partial charge is 0.216 e. The highest BCUT2D eigenvalue weighted by atomic mass is 32.2. The predicted octanol–water partition coefficient (Wildman–Crippen LogP) is 1.24. The number of hydrogen-bond donors (Lipinski definition) is 2. The normalized spacial score (nSPS) is 24.3. The quantitative estimate of drug-likeness (QED) is 0.875. The van der Waals surface area contributed by atoms with Gasteiger partial charge in [0.25, 0.3) is 0 Å². The third kappa shape index (κ3) is 4.26. The van der Waals surface area contributed by atoms with Gasteiger partial charge in [-0.3, -0.25) is 0 Å². The van der Waals surface area contributed by atoms with Crippen molar-refractivity contribution in [3.63, 3.8) is 0 Å². The van der Waals surface area contributed by atoms with Gasteiger partial charge in [-0.05, 0) is 43.1 Å².